The van der Waals surface area contributed by atoms with Crippen LogP contribution in [-0.4, -0.2) is 52.0 Å². The Hall–Kier alpha value is -1.83. The lowest BCUT2D eigenvalue weighted by atomic mass is 10.1. The molecule has 0 spiro atoms. The van der Waals surface area contributed by atoms with Crippen molar-refractivity contribution < 1.29 is 13.9 Å². The van der Waals surface area contributed by atoms with E-state index in [1.165, 1.54) is 4.88 Å². The van der Waals surface area contributed by atoms with Gasteiger partial charge < -0.3 is 24.5 Å². The Morgan fingerprint density at radius 3 is 2.89 bits per heavy atom. The second-order valence-electron chi connectivity index (χ2n) is 6.90. The fourth-order valence-corrected chi connectivity index (χ4v) is 3.72. The standard InChI is InChI=1S/C21H31N3O3S/c1-4-19(27-13-1)6-10-23-21(24-11-7-20-5-2-15-28-20)22-9-3-12-25-16-18-8-14-26-17-18/h1-2,4-5,13,15,18H,3,6-12,14,16-17H2,(H2,22,23,24). The maximum absolute atomic E-state index is 5.76. The molecule has 0 aromatic carbocycles. The zero-order valence-electron chi connectivity index (χ0n) is 16.4. The molecule has 1 saturated heterocycles. The summed E-state index contributed by atoms with van der Waals surface area (Å²) in [7, 11) is 0. The number of aliphatic imine (C=N–C) groups is 1. The topological polar surface area (TPSA) is 68.0 Å². The summed E-state index contributed by atoms with van der Waals surface area (Å²) in [6.45, 7) is 5.67. The van der Waals surface area contributed by atoms with Crippen LogP contribution in [0.4, 0.5) is 0 Å². The molecule has 0 radical (unpaired) electrons. The molecule has 154 valence electrons. The van der Waals surface area contributed by atoms with Crippen LogP contribution in [-0.2, 0) is 22.3 Å². The predicted molar refractivity (Wildman–Crippen MR) is 113 cm³/mol. The molecule has 0 bridgehead atoms. The third-order valence-corrected chi connectivity index (χ3v) is 5.52. The molecule has 6 nitrogen and oxygen atoms in total. The minimum absolute atomic E-state index is 0.571. The van der Waals surface area contributed by atoms with E-state index in [9.17, 15) is 0 Å². The van der Waals surface area contributed by atoms with Crippen molar-refractivity contribution in [2.24, 2.45) is 10.9 Å². The molecule has 0 aliphatic carbocycles. The second-order valence-corrected chi connectivity index (χ2v) is 7.93. The van der Waals surface area contributed by atoms with Crippen LogP contribution in [0.5, 0.6) is 0 Å². The van der Waals surface area contributed by atoms with E-state index in [1.807, 2.05) is 12.1 Å². The van der Waals surface area contributed by atoms with Crippen molar-refractivity contribution in [1.82, 2.24) is 10.6 Å². The first-order valence-corrected chi connectivity index (χ1v) is 11.0. The first-order valence-electron chi connectivity index (χ1n) is 10.1. The zero-order chi connectivity index (χ0) is 19.3. The Kier molecular flexibility index (Phi) is 9.40. The summed E-state index contributed by atoms with van der Waals surface area (Å²) in [6.07, 6.45) is 5.59. The van der Waals surface area contributed by atoms with Crippen LogP contribution >= 0.6 is 11.3 Å². The van der Waals surface area contributed by atoms with E-state index in [0.717, 1.165) is 83.5 Å². The average molecular weight is 406 g/mol. The Morgan fingerprint density at radius 1 is 1.21 bits per heavy atom. The van der Waals surface area contributed by atoms with Gasteiger partial charge in [0, 0.05) is 50.1 Å². The van der Waals surface area contributed by atoms with Gasteiger partial charge in [-0.15, -0.1) is 11.3 Å². The number of furan rings is 1. The van der Waals surface area contributed by atoms with E-state index in [-0.39, 0.29) is 0 Å². The van der Waals surface area contributed by atoms with Crippen LogP contribution in [0.15, 0.2) is 45.3 Å². The molecule has 3 heterocycles. The summed E-state index contributed by atoms with van der Waals surface area (Å²) in [5.74, 6) is 2.41. The Morgan fingerprint density at radius 2 is 2.14 bits per heavy atom. The molecular formula is C21H31N3O3S. The summed E-state index contributed by atoms with van der Waals surface area (Å²) in [5.41, 5.74) is 0. The SMILES string of the molecule is c1coc(CCNC(=NCCCOCC2CCOC2)NCCc2cccs2)c1. The molecule has 2 aromatic rings. The van der Waals surface area contributed by atoms with Gasteiger partial charge in [0.05, 0.1) is 19.5 Å². The minimum atomic E-state index is 0.571. The molecule has 1 aliphatic rings. The average Bonchev–Trinajstić information content (AvgIpc) is 3.48. The predicted octanol–water partition coefficient (Wildman–Crippen LogP) is 3.10. The quantitative estimate of drug-likeness (QED) is 0.323. The highest BCUT2D eigenvalue weighted by molar-refractivity contribution is 7.09. The molecule has 1 fully saturated rings. The summed E-state index contributed by atoms with van der Waals surface area (Å²) >= 11 is 1.79. The van der Waals surface area contributed by atoms with E-state index in [1.54, 1.807) is 17.6 Å². The Labute approximate surface area is 171 Å². The van der Waals surface area contributed by atoms with Gasteiger partial charge in [0.1, 0.15) is 5.76 Å². The number of nitrogens with one attached hydrogen (secondary N) is 2. The van der Waals surface area contributed by atoms with Gasteiger partial charge in [-0.05, 0) is 42.8 Å². The third kappa shape index (κ3) is 8.04. The van der Waals surface area contributed by atoms with Gasteiger partial charge >= 0.3 is 0 Å². The number of rotatable bonds is 12. The molecule has 2 aromatic heterocycles. The summed E-state index contributed by atoms with van der Waals surface area (Å²) < 4.78 is 16.5. The fourth-order valence-electron chi connectivity index (χ4n) is 3.01. The van der Waals surface area contributed by atoms with Crippen molar-refractivity contribution in [3.63, 3.8) is 0 Å². The largest absolute Gasteiger partial charge is 0.469 e. The summed E-state index contributed by atoms with van der Waals surface area (Å²) in [4.78, 5) is 6.07. The van der Waals surface area contributed by atoms with Crippen molar-refractivity contribution in [3.8, 4) is 0 Å². The van der Waals surface area contributed by atoms with Gasteiger partial charge in [-0.2, -0.15) is 0 Å². The smallest absolute Gasteiger partial charge is 0.191 e. The van der Waals surface area contributed by atoms with Crippen LogP contribution in [0.1, 0.15) is 23.5 Å². The van der Waals surface area contributed by atoms with Gasteiger partial charge in [0.2, 0.25) is 0 Å². The molecular weight excluding hydrogens is 374 g/mol. The van der Waals surface area contributed by atoms with Gasteiger partial charge in [0.15, 0.2) is 5.96 Å². The van der Waals surface area contributed by atoms with Crippen LogP contribution < -0.4 is 10.6 Å². The summed E-state index contributed by atoms with van der Waals surface area (Å²) in [5, 5.41) is 8.94. The Balaban J connectivity index is 1.34. The van der Waals surface area contributed by atoms with Gasteiger partial charge in [-0.25, -0.2) is 0 Å². The van der Waals surface area contributed by atoms with Crippen LogP contribution in [0.25, 0.3) is 0 Å². The van der Waals surface area contributed by atoms with E-state index < -0.39 is 0 Å². The Bertz CT molecular complexity index is 610. The van der Waals surface area contributed by atoms with Crippen LogP contribution in [0, 0.1) is 5.92 Å². The highest BCUT2D eigenvalue weighted by Crippen LogP contribution is 2.12. The van der Waals surface area contributed by atoms with E-state index in [2.05, 4.69) is 28.1 Å². The number of thiophene rings is 1. The minimum Gasteiger partial charge on any atom is -0.469 e. The fraction of sp³-hybridized carbons (Fsp3) is 0.571. The molecule has 3 rings (SSSR count). The molecule has 28 heavy (non-hydrogen) atoms. The molecule has 2 N–H and O–H groups in total. The van der Waals surface area contributed by atoms with Crippen molar-refractivity contribution >= 4 is 17.3 Å². The number of ether oxygens (including phenoxy) is 2. The van der Waals surface area contributed by atoms with Crippen molar-refractivity contribution in [1.29, 1.82) is 0 Å². The van der Waals surface area contributed by atoms with E-state index in [0.29, 0.717) is 5.92 Å². The van der Waals surface area contributed by atoms with Gasteiger partial charge in [-0.1, -0.05) is 6.07 Å². The van der Waals surface area contributed by atoms with E-state index in [4.69, 9.17) is 18.9 Å². The van der Waals surface area contributed by atoms with Gasteiger partial charge in [0.25, 0.3) is 0 Å². The molecule has 7 heteroatoms. The summed E-state index contributed by atoms with van der Waals surface area (Å²) in [6, 6.07) is 8.17. The molecule has 0 amide bonds. The first kappa shape index (κ1) is 20.9. The van der Waals surface area contributed by atoms with E-state index >= 15 is 0 Å². The maximum atomic E-state index is 5.76. The number of hydrogen-bond donors (Lipinski definition) is 2. The third-order valence-electron chi connectivity index (χ3n) is 4.58. The van der Waals surface area contributed by atoms with Crippen LogP contribution in [0.3, 0.4) is 0 Å². The zero-order valence-corrected chi connectivity index (χ0v) is 17.2. The lowest BCUT2D eigenvalue weighted by molar-refractivity contribution is 0.0893. The molecule has 0 saturated carbocycles. The monoisotopic (exact) mass is 405 g/mol. The highest BCUT2D eigenvalue weighted by Gasteiger charge is 2.15. The molecule has 1 unspecified atom stereocenters. The number of hydrogen-bond acceptors (Lipinski definition) is 5. The normalized spacial score (nSPS) is 17.1. The maximum Gasteiger partial charge on any atom is 0.191 e. The van der Waals surface area contributed by atoms with Crippen LogP contribution in [0.2, 0.25) is 0 Å². The highest BCUT2D eigenvalue weighted by atomic mass is 32.1. The van der Waals surface area contributed by atoms with Crippen molar-refractivity contribution in [2.75, 3.05) is 46.1 Å². The number of guanidine groups is 1. The lowest BCUT2D eigenvalue weighted by Crippen LogP contribution is -2.39. The first-order chi connectivity index (χ1) is 13.9. The van der Waals surface area contributed by atoms with Crippen molar-refractivity contribution in [3.05, 3.63) is 46.5 Å². The van der Waals surface area contributed by atoms with Crippen molar-refractivity contribution in [2.45, 2.75) is 25.7 Å². The molecule has 1 aliphatic heterocycles. The molecule has 1 atom stereocenters. The number of nitrogens with zero attached hydrogens (tertiary/aromatic N) is 1. The second kappa shape index (κ2) is 12.6. The van der Waals surface area contributed by atoms with Gasteiger partial charge in [-0.3, -0.25) is 4.99 Å². The lowest BCUT2D eigenvalue weighted by Gasteiger charge is -2.12.